The van der Waals surface area contributed by atoms with Crippen molar-refractivity contribution in [2.24, 2.45) is 0 Å². The van der Waals surface area contributed by atoms with Crippen molar-refractivity contribution >= 4 is 11.6 Å². The number of hydrogen-bond acceptors (Lipinski definition) is 4. The number of nitrogens with zero attached hydrogens (tertiary/aromatic N) is 3. The van der Waals surface area contributed by atoms with Crippen LogP contribution in [0.15, 0.2) is 43.0 Å². The lowest BCUT2D eigenvalue weighted by Crippen LogP contribution is -2.46. The number of anilines is 1. The van der Waals surface area contributed by atoms with Gasteiger partial charge < -0.3 is 15.2 Å². The minimum atomic E-state index is 0.0275. The number of carbonyl (C=O) groups is 1. The van der Waals surface area contributed by atoms with E-state index >= 15 is 0 Å². The fourth-order valence-corrected chi connectivity index (χ4v) is 2.43. The van der Waals surface area contributed by atoms with Crippen LogP contribution in [0.2, 0.25) is 0 Å². The average molecular weight is 285 g/mol. The molecule has 110 valence electrons. The van der Waals surface area contributed by atoms with Gasteiger partial charge in [-0.05, 0) is 18.2 Å². The molecule has 2 N–H and O–H groups in total. The van der Waals surface area contributed by atoms with Gasteiger partial charge in [-0.15, -0.1) is 0 Å². The Morgan fingerprint density at radius 1 is 1.33 bits per heavy atom. The summed E-state index contributed by atoms with van der Waals surface area (Å²) in [4.78, 5) is 18.3. The highest BCUT2D eigenvalue weighted by atomic mass is 16.2. The second-order valence-corrected chi connectivity index (χ2v) is 5.09. The molecule has 0 spiro atoms. The first-order valence-corrected chi connectivity index (χ1v) is 7.12. The fourth-order valence-electron chi connectivity index (χ4n) is 2.43. The molecule has 2 aromatic rings. The Morgan fingerprint density at radius 2 is 2.19 bits per heavy atom. The third-order valence-corrected chi connectivity index (χ3v) is 3.51. The van der Waals surface area contributed by atoms with Gasteiger partial charge in [0, 0.05) is 49.9 Å². The second kappa shape index (κ2) is 6.51. The first-order valence-electron chi connectivity index (χ1n) is 7.12. The quantitative estimate of drug-likeness (QED) is 0.869. The molecular formula is C15H19N5O. The van der Waals surface area contributed by atoms with Crippen LogP contribution >= 0.6 is 0 Å². The number of piperazine rings is 1. The van der Waals surface area contributed by atoms with E-state index in [2.05, 4.69) is 20.5 Å². The molecule has 0 saturated carbocycles. The minimum absolute atomic E-state index is 0.0275. The Bertz CT molecular complexity index is 590. The van der Waals surface area contributed by atoms with Crippen LogP contribution in [0.3, 0.4) is 0 Å². The average Bonchev–Trinajstić information content (AvgIpc) is 3.02. The molecule has 21 heavy (non-hydrogen) atoms. The molecule has 6 nitrogen and oxygen atoms in total. The van der Waals surface area contributed by atoms with E-state index in [1.165, 1.54) is 0 Å². The minimum Gasteiger partial charge on any atom is -0.325 e. The molecule has 1 aliphatic rings. The third kappa shape index (κ3) is 3.68. The summed E-state index contributed by atoms with van der Waals surface area (Å²) in [5, 5.41) is 6.24. The summed E-state index contributed by atoms with van der Waals surface area (Å²) in [5.41, 5.74) is 1.79. The predicted molar refractivity (Wildman–Crippen MR) is 81.5 cm³/mol. The maximum absolute atomic E-state index is 12.1. The van der Waals surface area contributed by atoms with Crippen LogP contribution < -0.4 is 10.6 Å². The number of benzene rings is 1. The predicted octanol–water partition coefficient (Wildman–Crippen LogP) is 0.716. The Morgan fingerprint density at radius 3 is 2.95 bits per heavy atom. The van der Waals surface area contributed by atoms with Gasteiger partial charge in [0.05, 0.1) is 12.9 Å². The smallest absolute Gasteiger partial charge is 0.238 e. The van der Waals surface area contributed by atoms with Gasteiger partial charge in [-0.2, -0.15) is 0 Å². The number of carbonyl (C=O) groups excluding carboxylic acids is 1. The molecular weight excluding hydrogens is 266 g/mol. The van der Waals surface area contributed by atoms with Crippen molar-refractivity contribution in [3.05, 3.63) is 43.0 Å². The van der Waals surface area contributed by atoms with Crippen LogP contribution in [0, 0.1) is 0 Å². The fraction of sp³-hybridized carbons (Fsp3) is 0.333. The van der Waals surface area contributed by atoms with Crippen molar-refractivity contribution in [3.63, 3.8) is 0 Å². The molecule has 0 radical (unpaired) electrons. The van der Waals surface area contributed by atoms with E-state index in [4.69, 9.17) is 0 Å². The second-order valence-electron chi connectivity index (χ2n) is 5.09. The third-order valence-electron chi connectivity index (χ3n) is 3.51. The molecule has 0 unspecified atom stereocenters. The molecule has 2 heterocycles. The zero-order valence-electron chi connectivity index (χ0n) is 11.8. The molecule has 0 atom stereocenters. The maximum Gasteiger partial charge on any atom is 0.238 e. The van der Waals surface area contributed by atoms with E-state index in [0.29, 0.717) is 6.54 Å². The van der Waals surface area contributed by atoms with E-state index in [1.54, 1.807) is 12.5 Å². The van der Waals surface area contributed by atoms with Crippen molar-refractivity contribution in [3.8, 4) is 5.69 Å². The first-order chi connectivity index (χ1) is 10.3. The molecule has 1 aromatic carbocycles. The summed E-state index contributed by atoms with van der Waals surface area (Å²) >= 11 is 0. The van der Waals surface area contributed by atoms with E-state index in [-0.39, 0.29) is 5.91 Å². The number of rotatable bonds is 4. The van der Waals surface area contributed by atoms with Crippen LogP contribution in [-0.2, 0) is 4.79 Å². The zero-order valence-corrected chi connectivity index (χ0v) is 11.8. The Balaban J connectivity index is 1.62. The summed E-state index contributed by atoms with van der Waals surface area (Å²) in [5.74, 6) is 0.0275. The van der Waals surface area contributed by atoms with Crippen molar-refractivity contribution in [2.45, 2.75) is 0 Å². The largest absolute Gasteiger partial charge is 0.325 e. The maximum atomic E-state index is 12.1. The van der Waals surface area contributed by atoms with E-state index < -0.39 is 0 Å². The van der Waals surface area contributed by atoms with Crippen molar-refractivity contribution in [1.29, 1.82) is 0 Å². The normalized spacial score (nSPS) is 15.8. The van der Waals surface area contributed by atoms with E-state index in [9.17, 15) is 4.79 Å². The van der Waals surface area contributed by atoms with E-state index in [1.807, 2.05) is 35.0 Å². The summed E-state index contributed by atoms with van der Waals surface area (Å²) in [6, 6.07) is 7.75. The van der Waals surface area contributed by atoms with Crippen molar-refractivity contribution in [1.82, 2.24) is 19.8 Å². The molecule has 1 aliphatic heterocycles. The van der Waals surface area contributed by atoms with Crippen molar-refractivity contribution < 1.29 is 4.79 Å². The van der Waals surface area contributed by atoms with Gasteiger partial charge in [0.2, 0.25) is 5.91 Å². The monoisotopic (exact) mass is 285 g/mol. The van der Waals surface area contributed by atoms with Gasteiger partial charge in [-0.3, -0.25) is 9.69 Å². The zero-order chi connectivity index (χ0) is 14.5. The van der Waals surface area contributed by atoms with Gasteiger partial charge in [-0.1, -0.05) is 6.07 Å². The number of amides is 1. The molecule has 0 aliphatic carbocycles. The lowest BCUT2D eigenvalue weighted by Gasteiger charge is -2.26. The molecule has 1 aromatic heterocycles. The molecule has 1 amide bonds. The highest BCUT2D eigenvalue weighted by molar-refractivity contribution is 5.92. The summed E-state index contributed by atoms with van der Waals surface area (Å²) in [6.45, 7) is 4.18. The van der Waals surface area contributed by atoms with Crippen LogP contribution in [0.25, 0.3) is 5.69 Å². The number of hydrogen-bond donors (Lipinski definition) is 2. The Hall–Kier alpha value is -2.18. The highest BCUT2D eigenvalue weighted by Crippen LogP contribution is 2.14. The number of imidazole rings is 1. The molecule has 1 saturated heterocycles. The molecule has 1 fully saturated rings. The standard InChI is InChI=1S/C15H19N5O/c21-15(11-19-7-4-16-5-8-19)18-13-2-1-3-14(10-13)20-9-6-17-12-20/h1-3,6,9-10,12,16H,4-5,7-8,11H2,(H,18,21). The Kier molecular flexibility index (Phi) is 4.28. The summed E-state index contributed by atoms with van der Waals surface area (Å²) in [7, 11) is 0. The van der Waals surface area contributed by atoms with Crippen LogP contribution in [0.1, 0.15) is 0 Å². The van der Waals surface area contributed by atoms with Crippen LogP contribution in [0.4, 0.5) is 5.69 Å². The molecule has 0 bridgehead atoms. The molecule has 6 heteroatoms. The first kappa shape index (κ1) is 13.8. The highest BCUT2D eigenvalue weighted by Gasteiger charge is 2.13. The number of nitrogens with one attached hydrogen (secondary N) is 2. The van der Waals surface area contributed by atoms with Gasteiger partial charge in [-0.25, -0.2) is 4.98 Å². The van der Waals surface area contributed by atoms with Gasteiger partial charge in [0.1, 0.15) is 0 Å². The van der Waals surface area contributed by atoms with Gasteiger partial charge in [0.15, 0.2) is 0 Å². The summed E-state index contributed by atoms with van der Waals surface area (Å²) in [6.07, 6.45) is 5.35. The van der Waals surface area contributed by atoms with Crippen LogP contribution in [-0.4, -0.2) is 53.1 Å². The van der Waals surface area contributed by atoms with Gasteiger partial charge in [0.25, 0.3) is 0 Å². The van der Waals surface area contributed by atoms with Crippen molar-refractivity contribution in [2.75, 3.05) is 38.0 Å². The van der Waals surface area contributed by atoms with Crippen LogP contribution in [0.5, 0.6) is 0 Å². The lowest BCUT2D eigenvalue weighted by atomic mass is 10.2. The lowest BCUT2D eigenvalue weighted by molar-refractivity contribution is -0.117. The van der Waals surface area contributed by atoms with Gasteiger partial charge >= 0.3 is 0 Å². The van der Waals surface area contributed by atoms with E-state index in [0.717, 1.165) is 37.6 Å². The molecule has 3 rings (SSSR count). The SMILES string of the molecule is O=C(CN1CCNCC1)Nc1cccc(-n2ccnc2)c1. The topological polar surface area (TPSA) is 62.2 Å². The Labute approximate surface area is 123 Å². The number of aromatic nitrogens is 2. The summed E-state index contributed by atoms with van der Waals surface area (Å²) < 4.78 is 1.91.